The van der Waals surface area contributed by atoms with E-state index >= 15 is 0 Å². The Morgan fingerprint density at radius 1 is 1.40 bits per heavy atom. The lowest BCUT2D eigenvalue weighted by atomic mass is 10.3. The van der Waals surface area contributed by atoms with Crippen LogP contribution in [0.15, 0.2) is 35.8 Å². The fourth-order valence-electron chi connectivity index (χ4n) is 1.44. The van der Waals surface area contributed by atoms with E-state index in [9.17, 15) is 0 Å². The van der Waals surface area contributed by atoms with Crippen LogP contribution in [0.1, 0.15) is 4.88 Å². The number of nitrogen functional groups attached to an aromatic ring is 1. The van der Waals surface area contributed by atoms with Crippen molar-refractivity contribution in [1.82, 2.24) is 4.98 Å². The highest BCUT2D eigenvalue weighted by Gasteiger charge is 2.06. The van der Waals surface area contributed by atoms with Crippen molar-refractivity contribution < 1.29 is 0 Å². The number of nitrogens with two attached hydrogens (primary N) is 1. The molecule has 0 radical (unpaired) electrons. The Balaban J connectivity index is 2.15. The van der Waals surface area contributed by atoms with E-state index in [4.69, 9.17) is 5.73 Å². The van der Waals surface area contributed by atoms with Gasteiger partial charge in [0.25, 0.3) is 0 Å². The SMILES string of the molecule is CN(Cc1cccs1)c1ncccc1N. The molecule has 0 aliphatic rings. The first kappa shape index (κ1) is 9.98. The number of aromatic nitrogens is 1. The van der Waals surface area contributed by atoms with Gasteiger partial charge in [0.15, 0.2) is 5.82 Å². The molecule has 0 saturated carbocycles. The van der Waals surface area contributed by atoms with Crippen molar-refractivity contribution in [2.75, 3.05) is 17.7 Å². The molecule has 0 saturated heterocycles. The summed E-state index contributed by atoms with van der Waals surface area (Å²) in [7, 11) is 2.00. The molecule has 15 heavy (non-hydrogen) atoms. The Morgan fingerprint density at radius 2 is 2.27 bits per heavy atom. The van der Waals surface area contributed by atoms with Crippen LogP contribution in [0, 0.1) is 0 Å². The molecule has 0 bridgehead atoms. The highest BCUT2D eigenvalue weighted by Crippen LogP contribution is 2.20. The summed E-state index contributed by atoms with van der Waals surface area (Å²) in [5.41, 5.74) is 6.57. The summed E-state index contributed by atoms with van der Waals surface area (Å²) in [6.07, 6.45) is 1.76. The first-order chi connectivity index (χ1) is 7.27. The minimum Gasteiger partial charge on any atom is -0.396 e. The second-order valence-electron chi connectivity index (χ2n) is 3.35. The van der Waals surface area contributed by atoms with Crippen molar-refractivity contribution in [3.05, 3.63) is 40.7 Å². The zero-order chi connectivity index (χ0) is 10.7. The number of nitrogens with zero attached hydrogens (tertiary/aromatic N) is 2. The molecule has 0 aliphatic heterocycles. The van der Waals surface area contributed by atoms with Gasteiger partial charge in [0.05, 0.1) is 12.2 Å². The quantitative estimate of drug-likeness (QED) is 0.861. The number of rotatable bonds is 3. The summed E-state index contributed by atoms with van der Waals surface area (Å²) in [4.78, 5) is 7.63. The van der Waals surface area contributed by atoms with Crippen LogP contribution in [-0.2, 0) is 6.54 Å². The molecule has 2 heterocycles. The van der Waals surface area contributed by atoms with Crippen molar-refractivity contribution >= 4 is 22.8 Å². The van der Waals surface area contributed by atoms with Crippen LogP contribution in [0.2, 0.25) is 0 Å². The van der Waals surface area contributed by atoms with Crippen molar-refractivity contribution in [3.63, 3.8) is 0 Å². The van der Waals surface area contributed by atoms with Crippen molar-refractivity contribution in [2.45, 2.75) is 6.54 Å². The molecule has 0 fully saturated rings. The fraction of sp³-hybridized carbons (Fsp3) is 0.182. The monoisotopic (exact) mass is 219 g/mol. The molecule has 0 aliphatic carbocycles. The average molecular weight is 219 g/mol. The Morgan fingerprint density at radius 3 is 2.93 bits per heavy atom. The molecule has 2 aromatic rings. The van der Waals surface area contributed by atoms with Gasteiger partial charge in [-0.3, -0.25) is 0 Å². The number of hydrogen-bond acceptors (Lipinski definition) is 4. The summed E-state index contributed by atoms with van der Waals surface area (Å²) >= 11 is 1.74. The molecule has 2 N–H and O–H groups in total. The lowest BCUT2D eigenvalue weighted by Crippen LogP contribution is -2.18. The molecule has 0 amide bonds. The Kier molecular flexibility index (Phi) is 2.87. The lowest BCUT2D eigenvalue weighted by Gasteiger charge is -2.18. The Bertz CT molecular complexity index is 425. The van der Waals surface area contributed by atoms with Gasteiger partial charge in [-0.2, -0.15) is 0 Å². The maximum Gasteiger partial charge on any atom is 0.151 e. The number of anilines is 2. The number of thiophene rings is 1. The Hall–Kier alpha value is -1.55. The smallest absolute Gasteiger partial charge is 0.151 e. The van der Waals surface area contributed by atoms with Crippen molar-refractivity contribution in [1.29, 1.82) is 0 Å². The summed E-state index contributed by atoms with van der Waals surface area (Å²) < 4.78 is 0. The van der Waals surface area contributed by atoms with Gasteiger partial charge >= 0.3 is 0 Å². The maximum absolute atomic E-state index is 5.85. The third-order valence-corrected chi connectivity index (χ3v) is 3.01. The van der Waals surface area contributed by atoms with E-state index in [1.165, 1.54) is 4.88 Å². The van der Waals surface area contributed by atoms with E-state index in [1.54, 1.807) is 17.5 Å². The first-order valence-electron chi connectivity index (χ1n) is 4.71. The third kappa shape index (κ3) is 2.27. The largest absolute Gasteiger partial charge is 0.396 e. The molecule has 0 aromatic carbocycles. The van der Waals surface area contributed by atoms with Crippen LogP contribution < -0.4 is 10.6 Å². The predicted molar refractivity (Wildman–Crippen MR) is 65.1 cm³/mol. The highest BCUT2D eigenvalue weighted by molar-refractivity contribution is 7.09. The van der Waals surface area contributed by atoms with Crippen LogP contribution in [0.25, 0.3) is 0 Å². The summed E-state index contributed by atoms with van der Waals surface area (Å²) in [5, 5.41) is 2.07. The number of pyridine rings is 1. The molecular formula is C11H13N3S. The maximum atomic E-state index is 5.85. The molecule has 2 aromatic heterocycles. The fourth-order valence-corrected chi connectivity index (χ4v) is 2.20. The topological polar surface area (TPSA) is 42.2 Å². The first-order valence-corrected chi connectivity index (χ1v) is 5.59. The van der Waals surface area contributed by atoms with Gasteiger partial charge < -0.3 is 10.6 Å². The standard InChI is InChI=1S/C11H13N3S/c1-14(8-9-4-3-7-15-9)11-10(12)5-2-6-13-11/h2-7H,8,12H2,1H3. The molecular weight excluding hydrogens is 206 g/mol. The van der Waals surface area contributed by atoms with Crippen LogP contribution in [-0.4, -0.2) is 12.0 Å². The van der Waals surface area contributed by atoms with Gasteiger partial charge in [-0.15, -0.1) is 11.3 Å². The van der Waals surface area contributed by atoms with E-state index in [1.807, 2.05) is 19.2 Å². The van der Waals surface area contributed by atoms with Gasteiger partial charge in [-0.1, -0.05) is 6.07 Å². The van der Waals surface area contributed by atoms with E-state index in [2.05, 4.69) is 27.4 Å². The molecule has 2 rings (SSSR count). The molecule has 4 heteroatoms. The minimum atomic E-state index is 0.719. The molecule has 0 atom stereocenters. The summed E-state index contributed by atoms with van der Waals surface area (Å²) in [5.74, 6) is 0.839. The van der Waals surface area contributed by atoms with Crippen molar-refractivity contribution in [2.24, 2.45) is 0 Å². The van der Waals surface area contributed by atoms with Gasteiger partial charge in [0, 0.05) is 18.1 Å². The summed E-state index contributed by atoms with van der Waals surface area (Å²) in [6, 6.07) is 7.88. The average Bonchev–Trinajstić information content (AvgIpc) is 2.71. The van der Waals surface area contributed by atoms with Crippen LogP contribution in [0.5, 0.6) is 0 Å². The van der Waals surface area contributed by atoms with Crippen LogP contribution in [0.4, 0.5) is 11.5 Å². The third-order valence-electron chi connectivity index (χ3n) is 2.15. The summed E-state index contributed by atoms with van der Waals surface area (Å²) in [6.45, 7) is 0.846. The van der Waals surface area contributed by atoms with Gasteiger partial charge in [0.2, 0.25) is 0 Å². The second-order valence-corrected chi connectivity index (χ2v) is 4.38. The van der Waals surface area contributed by atoms with E-state index < -0.39 is 0 Å². The van der Waals surface area contributed by atoms with E-state index in [-0.39, 0.29) is 0 Å². The van der Waals surface area contributed by atoms with E-state index in [0.29, 0.717) is 0 Å². The predicted octanol–water partition coefficient (Wildman–Crippen LogP) is 2.36. The zero-order valence-electron chi connectivity index (χ0n) is 8.55. The number of hydrogen-bond donors (Lipinski definition) is 1. The molecule has 3 nitrogen and oxygen atoms in total. The van der Waals surface area contributed by atoms with Crippen molar-refractivity contribution in [3.8, 4) is 0 Å². The van der Waals surface area contributed by atoms with Gasteiger partial charge in [-0.25, -0.2) is 4.98 Å². The Labute approximate surface area is 93.2 Å². The minimum absolute atomic E-state index is 0.719. The normalized spacial score (nSPS) is 10.2. The van der Waals surface area contributed by atoms with Crippen LogP contribution >= 0.6 is 11.3 Å². The lowest BCUT2D eigenvalue weighted by molar-refractivity contribution is 0.915. The second kappa shape index (κ2) is 4.31. The highest BCUT2D eigenvalue weighted by atomic mass is 32.1. The van der Waals surface area contributed by atoms with Gasteiger partial charge in [-0.05, 0) is 23.6 Å². The van der Waals surface area contributed by atoms with Gasteiger partial charge in [0.1, 0.15) is 0 Å². The zero-order valence-corrected chi connectivity index (χ0v) is 9.37. The molecule has 0 unspecified atom stereocenters. The molecule has 0 spiro atoms. The van der Waals surface area contributed by atoms with E-state index in [0.717, 1.165) is 18.1 Å². The molecule has 78 valence electrons. The van der Waals surface area contributed by atoms with Crippen LogP contribution in [0.3, 0.4) is 0 Å².